The minimum atomic E-state index is -4.58. The van der Waals surface area contributed by atoms with Crippen LogP contribution in [0.1, 0.15) is 22.4 Å². The van der Waals surface area contributed by atoms with Crippen LogP contribution in [0.25, 0.3) is 28.0 Å². The third-order valence-electron chi connectivity index (χ3n) is 5.87. The molecule has 0 saturated heterocycles. The van der Waals surface area contributed by atoms with Crippen molar-refractivity contribution in [2.45, 2.75) is 26.6 Å². The summed E-state index contributed by atoms with van der Waals surface area (Å²) in [7, 11) is 0. The van der Waals surface area contributed by atoms with E-state index in [0.29, 0.717) is 28.6 Å². The van der Waals surface area contributed by atoms with Crippen LogP contribution in [-0.4, -0.2) is 14.8 Å². The van der Waals surface area contributed by atoms with Crippen molar-refractivity contribution in [2.24, 2.45) is 0 Å². The highest BCUT2D eigenvalue weighted by atomic mass is 35.5. The van der Waals surface area contributed by atoms with Gasteiger partial charge in [-0.1, -0.05) is 41.4 Å². The van der Waals surface area contributed by atoms with Crippen LogP contribution in [0, 0.1) is 13.8 Å². The molecule has 0 amide bonds. The summed E-state index contributed by atoms with van der Waals surface area (Å²) in [6, 6.07) is 22.6. The zero-order chi connectivity index (χ0) is 25.4. The molecule has 5 rings (SSSR count). The molecule has 0 spiro atoms. The number of aryl methyl sites for hydroxylation is 2. The maximum absolute atomic E-state index is 14.1. The first-order valence-electron chi connectivity index (χ1n) is 11.2. The zero-order valence-corrected chi connectivity index (χ0v) is 20.2. The van der Waals surface area contributed by atoms with Crippen LogP contribution in [-0.2, 0) is 12.8 Å². The van der Waals surface area contributed by atoms with E-state index in [1.807, 2.05) is 31.2 Å². The Morgan fingerprint density at radius 3 is 2.19 bits per heavy atom. The van der Waals surface area contributed by atoms with Crippen LogP contribution < -0.4 is 4.74 Å². The highest BCUT2D eigenvalue weighted by Gasteiger charge is 2.35. The summed E-state index contributed by atoms with van der Waals surface area (Å²) in [5.74, 6) is 0.610. The van der Waals surface area contributed by atoms with Crippen molar-refractivity contribution in [1.82, 2.24) is 14.8 Å². The van der Waals surface area contributed by atoms with E-state index < -0.39 is 11.7 Å². The number of hydrogen-bond donors (Lipinski definition) is 0. The Labute approximate surface area is 210 Å². The van der Waals surface area contributed by atoms with E-state index in [1.165, 1.54) is 10.2 Å². The van der Waals surface area contributed by atoms with Gasteiger partial charge in [-0.2, -0.15) is 18.3 Å². The summed E-state index contributed by atoms with van der Waals surface area (Å²) in [6.07, 6.45) is -4.58. The lowest BCUT2D eigenvalue weighted by Gasteiger charge is -2.12. The molecule has 182 valence electrons. The second-order valence-electron chi connectivity index (χ2n) is 8.52. The van der Waals surface area contributed by atoms with Crippen molar-refractivity contribution in [3.05, 3.63) is 106 Å². The zero-order valence-electron chi connectivity index (χ0n) is 19.5. The van der Waals surface area contributed by atoms with E-state index in [2.05, 4.69) is 10.1 Å². The van der Waals surface area contributed by atoms with Gasteiger partial charge in [0.25, 0.3) is 0 Å². The fourth-order valence-corrected chi connectivity index (χ4v) is 4.12. The molecule has 36 heavy (non-hydrogen) atoms. The van der Waals surface area contributed by atoms with Gasteiger partial charge in [0.05, 0.1) is 28.0 Å². The van der Waals surface area contributed by atoms with Gasteiger partial charge in [0.15, 0.2) is 5.65 Å². The Bertz CT molecular complexity index is 1520. The molecule has 0 N–H and O–H groups in total. The van der Waals surface area contributed by atoms with E-state index in [9.17, 15) is 13.2 Å². The summed E-state index contributed by atoms with van der Waals surface area (Å²) in [5, 5.41) is 4.85. The molecular weight excluding hydrogens is 487 g/mol. The molecule has 0 saturated carbocycles. The molecule has 0 aliphatic heterocycles. The van der Waals surface area contributed by atoms with Crippen LogP contribution in [0.4, 0.5) is 13.2 Å². The molecular formula is C28H21ClF3N3O. The van der Waals surface area contributed by atoms with E-state index in [0.717, 1.165) is 11.6 Å². The largest absolute Gasteiger partial charge is 0.489 e. The lowest BCUT2D eigenvalue weighted by Crippen LogP contribution is -2.08. The van der Waals surface area contributed by atoms with Gasteiger partial charge in [-0.15, -0.1) is 0 Å². The Kier molecular flexibility index (Phi) is 6.18. The number of ether oxygens (including phenoxy) is 1. The van der Waals surface area contributed by atoms with Gasteiger partial charge in [-0.25, -0.2) is 9.67 Å². The fraction of sp³-hybridized carbons (Fsp3) is 0.143. The molecule has 0 aliphatic rings. The molecule has 0 radical (unpaired) electrons. The molecule has 8 heteroatoms. The number of fused-ring (bicyclic) bond motifs is 1. The fourth-order valence-electron chi connectivity index (χ4n) is 4.00. The molecule has 2 aromatic heterocycles. The van der Waals surface area contributed by atoms with Gasteiger partial charge in [0, 0.05) is 10.6 Å². The Morgan fingerprint density at radius 1 is 0.889 bits per heavy atom. The molecule has 3 aromatic carbocycles. The Balaban J connectivity index is 1.53. The second-order valence-corrected chi connectivity index (χ2v) is 8.96. The van der Waals surface area contributed by atoms with Gasteiger partial charge in [0.1, 0.15) is 12.4 Å². The number of halogens is 4. The topological polar surface area (TPSA) is 39.9 Å². The van der Waals surface area contributed by atoms with Gasteiger partial charge in [0.2, 0.25) is 0 Å². The Hall–Kier alpha value is -3.84. The highest BCUT2D eigenvalue weighted by molar-refractivity contribution is 6.30. The van der Waals surface area contributed by atoms with Crippen LogP contribution >= 0.6 is 11.6 Å². The number of aromatic nitrogens is 3. The number of alkyl halides is 3. The molecule has 4 nitrogen and oxygen atoms in total. The summed E-state index contributed by atoms with van der Waals surface area (Å²) < 4.78 is 49.6. The average molecular weight is 508 g/mol. The van der Waals surface area contributed by atoms with Crippen LogP contribution in [0.2, 0.25) is 5.02 Å². The third-order valence-corrected chi connectivity index (χ3v) is 6.12. The molecule has 0 fully saturated rings. The molecule has 5 aromatic rings. The summed E-state index contributed by atoms with van der Waals surface area (Å²) in [6.45, 7) is 3.95. The first kappa shape index (κ1) is 23.9. The number of rotatable bonds is 5. The van der Waals surface area contributed by atoms with Crippen LogP contribution in [0.5, 0.6) is 5.75 Å². The normalized spacial score (nSPS) is 11.7. The summed E-state index contributed by atoms with van der Waals surface area (Å²) >= 11 is 5.98. The van der Waals surface area contributed by atoms with Crippen molar-refractivity contribution in [3.8, 4) is 22.7 Å². The smallest absolute Gasteiger partial charge is 0.417 e. The van der Waals surface area contributed by atoms with Crippen molar-refractivity contribution in [2.75, 3.05) is 0 Å². The van der Waals surface area contributed by atoms with E-state index in [4.69, 9.17) is 16.3 Å². The standard InChI is InChI=1S/C28H21ClF3N3O/c1-17-3-5-19(6-4-17)16-36-23-13-7-20(8-14-23)25-15-24(28(30,31)32)26-18(2)34-35(27(26)33-25)22-11-9-21(29)10-12-22/h3-15H,16H2,1-2H3. The van der Waals surface area contributed by atoms with Crippen LogP contribution in [0.15, 0.2) is 78.9 Å². The average Bonchev–Trinajstić information content (AvgIpc) is 3.19. The van der Waals surface area contributed by atoms with Crippen molar-refractivity contribution in [1.29, 1.82) is 0 Å². The summed E-state index contributed by atoms with van der Waals surface area (Å²) in [4.78, 5) is 4.60. The van der Waals surface area contributed by atoms with E-state index in [1.54, 1.807) is 55.5 Å². The Morgan fingerprint density at radius 2 is 1.56 bits per heavy atom. The molecule has 0 bridgehead atoms. The molecule has 0 unspecified atom stereocenters. The third kappa shape index (κ3) is 4.79. The van der Waals surface area contributed by atoms with E-state index in [-0.39, 0.29) is 22.4 Å². The lowest BCUT2D eigenvalue weighted by molar-refractivity contribution is -0.136. The molecule has 0 atom stereocenters. The predicted molar refractivity (Wildman–Crippen MR) is 135 cm³/mol. The predicted octanol–water partition coefficient (Wildman–Crippen LogP) is 7.96. The SMILES string of the molecule is Cc1ccc(COc2ccc(-c3cc(C(F)(F)F)c4c(C)nn(-c5ccc(Cl)cc5)c4n3)cc2)cc1. The van der Waals surface area contributed by atoms with Crippen molar-refractivity contribution >= 4 is 22.6 Å². The number of pyridine rings is 1. The number of hydrogen-bond acceptors (Lipinski definition) is 3. The van der Waals surface area contributed by atoms with Gasteiger partial charge in [-0.3, -0.25) is 0 Å². The van der Waals surface area contributed by atoms with Crippen LogP contribution in [0.3, 0.4) is 0 Å². The highest BCUT2D eigenvalue weighted by Crippen LogP contribution is 2.39. The number of benzene rings is 3. The quantitative estimate of drug-likeness (QED) is 0.242. The maximum atomic E-state index is 14.1. The van der Waals surface area contributed by atoms with Gasteiger partial charge >= 0.3 is 6.18 Å². The van der Waals surface area contributed by atoms with Crippen molar-refractivity contribution < 1.29 is 17.9 Å². The first-order valence-corrected chi connectivity index (χ1v) is 11.6. The van der Waals surface area contributed by atoms with Gasteiger partial charge in [-0.05, 0) is 74.0 Å². The molecule has 0 aliphatic carbocycles. The van der Waals surface area contributed by atoms with Crippen molar-refractivity contribution in [3.63, 3.8) is 0 Å². The maximum Gasteiger partial charge on any atom is 0.417 e. The first-order chi connectivity index (χ1) is 17.2. The second kappa shape index (κ2) is 9.32. The number of nitrogens with zero attached hydrogens (tertiary/aromatic N) is 3. The monoisotopic (exact) mass is 507 g/mol. The summed E-state index contributed by atoms with van der Waals surface area (Å²) in [5.41, 5.74) is 3.07. The minimum absolute atomic E-state index is 0.0285. The van der Waals surface area contributed by atoms with Gasteiger partial charge < -0.3 is 4.74 Å². The lowest BCUT2D eigenvalue weighted by atomic mass is 10.0. The van der Waals surface area contributed by atoms with E-state index >= 15 is 0 Å². The molecule has 2 heterocycles. The minimum Gasteiger partial charge on any atom is -0.489 e.